The number of aliphatic carboxylic acids is 1. The fraction of sp³-hybridized carbons (Fsp3) is 0.214. The highest BCUT2D eigenvalue weighted by molar-refractivity contribution is 6.06. The summed E-state index contributed by atoms with van der Waals surface area (Å²) in [6, 6.07) is 6.32. The molecule has 0 saturated carbocycles. The van der Waals surface area contributed by atoms with Gasteiger partial charge in [0.2, 0.25) is 5.56 Å². The van der Waals surface area contributed by atoms with Crippen molar-refractivity contribution in [1.82, 2.24) is 10.3 Å². The van der Waals surface area contributed by atoms with Crippen molar-refractivity contribution in [2.45, 2.75) is 19.1 Å². The van der Waals surface area contributed by atoms with Gasteiger partial charge in [-0.05, 0) is 13.0 Å². The van der Waals surface area contributed by atoms with E-state index in [4.69, 9.17) is 5.11 Å². The van der Waals surface area contributed by atoms with E-state index in [-0.39, 0.29) is 5.56 Å². The first kappa shape index (κ1) is 14.7. The number of carboxylic acid groups (broad SMARTS) is 1. The molecular weight excluding hydrogens is 276 g/mol. The van der Waals surface area contributed by atoms with Crippen molar-refractivity contribution in [3.05, 3.63) is 46.2 Å². The van der Waals surface area contributed by atoms with Crippen molar-refractivity contribution in [1.29, 1.82) is 0 Å². The van der Waals surface area contributed by atoms with Gasteiger partial charge in [0.1, 0.15) is 0 Å². The summed E-state index contributed by atoms with van der Waals surface area (Å²) in [5, 5.41) is 21.0. The van der Waals surface area contributed by atoms with E-state index in [1.807, 2.05) is 0 Å². The second-order valence-corrected chi connectivity index (χ2v) is 4.62. The van der Waals surface area contributed by atoms with Crippen LogP contribution in [0.5, 0.6) is 0 Å². The predicted molar refractivity (Wildman–Crippen MR) is 75.1 cm³/mol. The maximum atomic E-state index is 12.2. The van der Waals surface area contributed by atoms with Gasteiger partial charge in [0.15, 0.2) is 6.04 Å². The van der Waals surface area contributed by atoms with Crippen LogP contribution in [0, 0.1) is 0 Å². The van der Waals surface area contributed by atoms with E-state index in [1.54, 1.807) is 24.3 Å². The lowest BCUT2D eigenvalue weighted by atomic mass is 10.1. The van der Waals surface area contributed by atoms with Crippen molar-refractivity contribution >= 4 is 22.8 Å². The summed E-state index contributed by atoms with van der Waals surface area (Å²) < 4.78 is 0. The topological polar surface area (TPSA) is 119 Å². The molecule has 2 unspecified atom stereocenters. The molecule has 0 aliphatic rings. The maximum Gasteiger partial charge on any atom is 0.328 e. The minimum Gasteiger partial charge on any atom is -0.480 e. The number of pyridine rings is 1. The summed E-state index contributed by atoms with van der Waals surface area (Å²) >= 11 is 0. The Balaban J connectivity index is 2.44. The van der Waals surface area contributed by atoms with E-state index < -0.39 is 29.6 Å². The first-order chi connectivity index (χ1) is 9.90. The third-order valence-electron chi connectivity index (χ3n) is 3.03. The number of H-pyrrole nitrogens is 1. The van der Waals surface area contributed by atoms with E-state index in [0.29, 0.717) is 10.9 Å². The monoisotopic (exact) mass is 290 g/mol. The van der Waals surface area contributed by atoms with Gasteiger partial charge in [-0.15, -0.1) is 0 Å². The summed E-state index contributed by atoms with van der Waals surface area (Å²) in [5.41, 5.74) is 0.0584. The third-order valence-corrected chi connectivity index (χ3v) is 3.03. The van der Waals surface area contributed by atoms with Gasteiger partial charge in [0, 0.05) is 17.0 Å². The Morgan fingerprint density at radius 1 is 1.29 bits per heavy atom. The zero-order valence-electron chi connectivity index (χ0n) is 11.2. The molecule has 0 radical (unpaired) electrons. The Morgan fingerprint density at radius 3 is 2.57 bits per heavy atom. The Bertz CT molecular complexity index is 750. The minimum atomic E-state index is -1.45. The fourth-order valence-corrected chi connectivity index (χ4v) is 2.00. The number of aromatic amines is 1. The largest absolute Gasteiger partial charge is 0.480 e. The lowest BCUT2D eigenvalue weighted by Crippen LogP contribution is -2.47. The number of aromatic nitrogens is 1. The standard InChI is InChI=1S/C14H14N2O5/c1-7(17)12(14(20)21)16-13(19)9-6-11(18)15-10-5-3-2-4-8(9)10/h2-7,12,17H,1H3,(H,15,18)(H,16,19)(H,20,21). The molecule has 0 aliphatic carbocycles. The number of fused-ring (bicyclic) bond motifs is 1. The number of carbonyl (C=O) groups is 2. The van der Waals surface area contributed by atoms with Crippen molar-refractivity contribution in [3.63, 3.8) is 0 Å². The summed E-state index contributed by atoms with van der Waals surface area (Å²) in [6.07, 6.45) is -1.26. The normalized spacial score (nSPS) is 13.6. The number of hydrogen-bond donors (Lipinski definition) is 4. The van der Waals surface area contributed by atoms with Gasteiger partial charge in [-0.25, -0.2) is 4.79 Å². The van der Waals surface area contributed by atoms with E-state index >= 15 is 0 Å². The van der Waals surface area contributed by atoms with Crippen LogP contribution in [0.4, 0.5) is 0 Å². The van der Waals surface area contributed by atoms with Crippen LogP contribution in [0.2, 0.25) is 0 Å². The SMILES string of the molecule is CC(O)C(NC(=O)c1cc(=O)[nH]c2ccccc12)C(=O)O. The molecule has 0 bridgehead atoms. The van der Waals surface area contributed by atoms with Crippen molar-refractivity contribution in [2.75, 3.05) is 0 Å². The van der Waals surface area contributed by atoms with E-state index in [0.717, 1.165) is 6.07 Å². The van der Waals surface area contributed by atoms with Gasteiger partial charge >= 0.3 is 5.97 Å². The molecular formula is C14H14N2O5. The number of benzene rings is 1. The number of para-hydroxylation sites is 1. The highest BCUT2D eigenvalue weighted by atomic mass is 16.4. The molecule has 2 atom stereocenters. The third kappa shape index (κ3) is 3.09. The molecule has 0 aliphatic heterocycles. The molecule has 0 fully saturated rings. The molecule has 1 aromatic carbocycles. The van der Waals surface area contributed by atoms with Crippen molar-refractivity contribution in [3.8, 4) is 0 Å². The number of amides is 1. The summed E-state index contributed by atoms with van der Waals surface area (Å²) in [4.78, 5) is 37.3. The molecule has 7 heteroatoms. The second kappa shape index (κ2) is 5.76. The molecule has 1 heterocycles. The van der Waals surface area contributed by atoms with Crippen LogP contribution in [-0.2, 0) is 4.79 Å². The molecule has 1 aromatic heterocycles. The van der Waals surface area contributed by atoms with E-state index in [1.165, 1.54) is 6.92 Å². The molecule has 2 rings (SSSR count). The maximum absolute atomic E-state index is 12.2. The number of nitrogens with one attached hydrogen (secondary N) is 2. The number of hydrogen-bond acceptors (Lipinski definition) is 4. The molecule has 2 aromatic rings. The van der Waals surface area contributed by atoms with Gasteiger partial charge in [-0.3, -0.25) is 9.59 Å². The van der Waals surface area contributed by atoms with Crippen LogP contribution < -0.4 is 10.9 Å². The number of carboxylic acids is 1. The first-order valence-electron chi connectivity index (χ1n) is 6.24. The van der Waals surface area contributed by atoms with Gasteiger partial charge in [-0.1, -0.05) is 18.2 Å². The average molecular weight is 290 g/mol. The van der Waals surface area contributed by atoms with Crippen LogP contribution in [0.1, 0.15) is 17.3 Å². The van der Waals surface area contributed by atoms with Crippen LogP contribution in [0.15, 0.2) is 35.1 Å². The lowest BCUT2D eigenvalue weighted by molar-refractivity contribution is -0.141. The zero-order chi connectivity index (χ0) is 15.6. The second-order valence-electron chi connectivity index (χ2n) is 4.62. The van der Waals surface area contributed by atoms with E-state index in [9.17, 15) is 19.5 Å². The quantitative estimate of drug-likeness (QED) is 0.636. The number of rotatable bonds is 4. The first-order valence-corrected chi connectivity index (χ1v) is 6.24. The van der Waals surface area contributed by atoms with Gasteiger partial charge in [-0.2, -0.15) is 0 Å². The summed E-state index contributed by atoms with van der Waals surface area (Å²) in [6.45, 7) is 1.26. The average Bonchev–Trinajstić information content (AvgIpc) is 2.42. The molecule has 1 amide bonds. The van der Waals surface area contributed by atoms with Crippen LogP contribution >= 0.6 is 0 Å². The van der Waals surface area contributed by atoms with Gasteiger partial charge in [0.25, 0.3) is 5.91 Å². The number of aliphatic hydroxyl groups is 1. The van der Waals surface area contributed by atoms with Gasteiger partial charge < -0.3 is 20.5 Å². The summed E-state index contributed by atoms with van der Waals surface area (Å²) in [7, 11) is 0. The highest BCUT2D eigenvalue weighted by Gasteiger charge is 2.26. The van der Waals surface area contributed by atoms with E-state index in [2.05, 4.69) is 10.3 Å². The highest BCUT2D eigenvalue weighted by Crippen LogP contribution is 2.14. The molecule has 0 saturated heterocycles. The minimum absolute atomic E-state index is 0.0567. The van der Waals surface area contributed by atoms with Crippen LogP contribution in [0.25, 0.3) is 10.9 Å². The Kier molecular flexibility index (Phi) is 4.04. The fourth-order valence-electron chi connectivity index (χ4n) is 2.00. The smallest absolute Gasteiger partial charge is 0.328 e. The van der Waals surface area contributed by atoms with Gasteiger partial charge in [0.05, 0.1) is 11.7 Å². The zero-order valence-corrected chi connectivity index (χ0v) is 11.2. The molecule has 4 N–H and O–H groups in total. The lowest BCUT2D eigenvalue weighted by Gasteiger charge is -2.17. The van der Waals surface area contributed by atoms with Crippen LogP contribution in [-0.4, -0.2) is 39.2 Å². The summed E-state index contributed by atoms with van der Waals surface area (Å²) in [5.74, 6) is -2.09. The predicted octanol–water partition coefficient (Wildman–Crippen LogP) is 0.0919. The van der Waals surface area contributed by atoms with Crippen molar-refractivity contribution < 1.29 is 19.8 Å². The van der Waals surface area contributed by atoms with Crippen molar-refractivity contribution in [2.24, 2.45) is 0 Å². The molecule has 0 spiro atoms. The molecule has 110 valence electrons. The Morgan fingerprint density at radius 2 is 1.95 bits per heavy atom. The Labute approximate surface area is 119 Å². The number of aliphatic hydroxyl groups excluding tert-OH is 1. The molecule has 21 heavy (non-hydrogen) atoms. The number of carbonyl (C=O) groups excluding carboxylic acids is 1. The molecule has 7 nitrogen and oxygen atoms in total. The Hall–Kier alpha value is -2.67. The van der Waals surface area contributed by atoms with Crippen LogP contribution in [0.3, 0.4) is 0 Å².